The van der Waals surface area contributed by atoms with Gasteiger partial charge in [0.1, 0.15) is 23.0 Å². The van der Waals surface area contributed by atoms with Gasteiger partial charge < -0.3 is 19.9 Å². The summed E-state index contributed by atoms with van der Waals surface area (Å²) in [6, 6.07) is 13.2. The Morgan fingerprint density at radius 3 is 2.24 bits per heavy atom. The minimum Gasteiger partial charge on any atom is -0.497 e. The van der Waals surface area contributed by atoms with Crippen molar-refractivity contribution in [1.82, 2.24) is 0 Å². The molecule has 0 aliphatic heterocycles. The van der Waals surface area contributed by atoms with E-state index in [9.17, 15) is 0 Å². The molecule has 2 rings (SSSR count). The molecule has 0 unspecified atom stereocenters. The van der Waals surface area contributed by atoms with E-state index in [0.29, 0.717) is 18.9 Å². The van der Waals surface area contributed by atoms with Crippen LogP contribution in [0.1, 0.15) is 18.9 Å². The second-order valence-electron chi connectivity index (χ2n) is 4.60. The topological polar surface area (TPSA) is 53.7 Å². The first-order valence-electron chi connectivity index (χ1n) is 7.04. The van der Waals surface area contributed by atoms with E-state index >= 15 is 0 Å². The molecule has 4 nitrogen and oxygen atoms in total. The molecule has 0 bridgehead atoms. The average Bonchev–Trinajstić information content (AvgIpc) is 2.54. The highest BCUT2D eigenvalue weighted by Gasteiger charge is 2.06. The second kappa shape index (κ2) is 7.55. The predicted octanol–water partition coefficient (Wildman–Crippen LogP) is 3.74. The smallest absolute Gasteiger partial charge is 0.135 e. The van der Waals surface area contributed by atoms with Crippen LogP contribution < -0.4 is 19.9 Å². The van der Waals surface area contributed by atoms with Gasteiger partial charge in [-0.1, -0.05) is 13.0 Å². The van der Waals surface area contributed by atoms with Crippen molar-refractivity contribution in [2.45, 2.75) is 19.9 Å². The van der Waals surface area contributed by atoms with Gasteiger partial charge in [0, 0.05) is 18.2 Å². The van der Waals surface area contributed by atoms with Gasteiger partial charge in [-0.05, 0) is 36.8 Å². The van der Waals surface area contributed by atoms with Crippen molar-refractivity contribution in [3.8, 4) is 23.0 Å². The van der Waals surface area contributed by atoms with Gasteiger partial charge in [-0.3, -0.25) is 0 Å². The van der Waals surface area contributed by atoms with Crippen LogP contribution >= 0.6 is 0 Å². The molecular weight excluding hydrogens is 266 g/mol. The van der Waals surface area contributed by atoms with Crippen LogP contribution in [0.2, 0.25) is 0 Å². The summed E-state index contributed by atoms with van der Waals surface area (Å²) in [5, 5.41) is 0. The van der Waals surface area contributed by atoms with Gasteiger partial charge in [0.15, 0.2) is 0 Å². The molecule has 0 saturated carbocycles. The summed E-state index contributed by atoms with van der Waals surface area (Å²) in [5.41, 5.74) is 6.67. The van der Waals surface area contributed by atoms with E-state index < -0.39 is 0 Å². The van der Waals surface area contributed by atoms with Gasteiger partial charge in [0.25, 0.3) is 0 Å². The van der Waals surface area contributed by atoms with Crippen molar-refractivity contribution in [1.29, 1.82) is 0 Å². The Kier molecular flexibility index (Phi) is 5.46. The number of ether oxygens (including phenoxy) is 3. The zero-order valence-corrected chi connectivity index (χ0v) is 12.5. The lowest BCUT2D eigenvalue weighted by molar-refractivity contribution is 0.317. The molecule has 2 aromatic rings. The maximum Gasteiger partial charge on any atom is 0.135 e. The first-order chi connectivity index (χ1) is 10.3. The van der Waals surface area contributed by atoms with E-state index in [-0.39, 0.29) is 0 Å². The Labute approximate surface area is 125 Å². The zero-order valence-electron chi connectivity index (χ0n) is 12.5. The molecule has 0 aliphatic rings. The van der Waals surface area contributed by atoms with Crippen LogP contribution in [-0.4, -0.2) is 13.7 Å². The Bertz CT molecular complexity index is 567. The summed E-state index contributed by atoms with van der Waals surface area (Å²) in [6.07, 6.45) is 0.988. The number of hydrogen-bond acceptors (Lipinski definition) is 4. The van der Waals surface area contributed by atoms with E-state index in [1.807, 2.05) is 42.5 Å². The van der Waals surface area contributed by atoms with Crippen molar-refractivity contribution >= 4 is 0 Å². The molecular formula is C17H21NO3. The van der Waals surface area contributed by atoms with E-state index in [1.54, 1.807) is 7.11 Å². The van der Waals surface area contributed by atoms with Gasteiger partial charge in [0.05, 0.1) is 13.7 Å². The number of methoxy groups -OCH3 is 1. The largest absolute Gasteiger partial charge is 0.497 e. The molecule has 0 spiro atoms. The van der Waals surface area contributed by atoms with Crippen LogP contribution in [-0.2, 0) is 6.54 Å². The number of hydrogen-bond donors (Lipinski definition) is 1. The fraction of sp³-hybridized carbons (Fsp3) is 0.294. The van der Waals surface area contributed by atoms with E-state index in [0.717, 1.165) is 29.2 Å². The third kappa shape index (κ3) is 4.13. The summed E-state index contributed by atoms with van der Waals surface area (Å²) in [4.78, 5) is 0. The molecule has 0 heterocycles. The Morgan fingerprint density at radius 2 is 1.62 bits per heavy atom. The average molecular weight is 287 g/mol. The second-order valence-corrected chi connectivity index (χ2v) is 4.60. The standard InChI is InChI=1S/C17H21NO3/c1-3-10-20-14-6-8-15(9-7-14)21-17-11-16(19-2)5-4-13(17)12-18/h4-9,11H,3,10,12,18H2,1-2H3. The molecule has 0 fully saturated rings. The van der Waals surface area contributed by atoms with Gasteiger partial charge in [-0.15, -0.1) is 0 Å². The summed E-state index contributed by atoms with van der Waals surface area (Å²) in [6.45, 7) is 3.21. The summed E-state index contributed by atoms with van der Waals surface area (Å²) in [5.74, 6) is 3.03. The zero-order chi connectivity index (χ0) is 15.1. The molecule has 0 atom stereocenters. The van der Waals surface area contributed by atoms with Crippen LogP contribution in [0.3, 0.4) is 0 Å². The normalized spacial score (nSPS) is 10.2. The maximum absolute atomic E-state index is 5.89. The first kappa shape index (κ1) is 15.2. The Morgan fingerprint density at radius 1 is 0.952 bits per heavy atom. The lowest BCUT2D eigenvalue weighted by Crippen LogP contribution is -2.00. The molecule has 2 aromatic carbocycles. The molecule has 21 heavy (non-hydrogen) atoms. The fourth-order valence-corrected chi connectivity index (χ4v) is 1.88. The molecule has 0 aliphatic carbocycles. The lowest BCUT2D eigenvalue weighted by Gasteiger charge is -2.12. The minimum atomic E-state index is 0.414. The Hall–Kier alpha value is -2.20. The maximum atomic E-state index is 5.89. The third-order valence-electron chi connectivity index (χ3n) is 3.02. The number of nitrogens with two attached hydrogens (primary N) is 1. The van der Waals surface area contributed by atoms with Gasteiger partial charge >= 0.3 is 0 Å². The first-order valence-corrected chi connectivity index (χ1v) is 7.04. The van der Waals surface area contributed by atoms with Crippen molar-refractivity contribution < 1.29 is 14.2 Å². The third-order valence-corrected chi connectivity index (χ3v) is 3.02. The minimum absolute atomic E-state index is 0.414. The van der Waals surface area contributed by atoms with E-state index in [2.05, 4.69) is 6.92 Å². The molecule has 112 valence electrons. The Balaban J connectivity index is 2.13. The highest BCUT2D eigenvalue weighted by molar-refractivity contribution is 5.44. The number of benzene rings is 2. The van der Waals surface area contributed by atoms with Crippen LogP contribution in [0.15, 0.2) is 42.5 Å². The molecule has 0 aromatic heterocycles. The van der Waals surface area contributed by atoms with Gasteiger partial charge in [0.2, 0.25) is 0 Å². The number of rotatable bonds is 7. The molecule has 4 heteroatoms. The molecule has 0 amide bonds. The van der Waals surface area contributed by atoms with Crippen LogP contribution in [0.5, 0.6) is 23.0 Å². The fourth-order valence-electron chi connectivity index (χ4n) is 1.88. The summed E-state index contributed by atoms with van der Waals surface area (Å²) >= 11 is 0. The monoisotopic (exact) mass is 287 g/mol. The molecule has 0 saturated heterocycles. The van der Waals surface area contributed by atoms with Crippen molar-refractivity contribution in [2.75, 3.05) is 13.7 Å². The molecule has 2 N–H and O–H groups in total. The highest BCUT2D eigenvalue weighted by Crippen LogP contribution is 2.30. The SMILES string of the molecule is CCCOc1ccc(Oc2cc(OC)ccc2CN)cc1. The van der Waals surface area contributed by atoms with Crippen molar-refractivity contribution in [3.05, 3.63) is 48.0 Å². The highest BCUT2D eigenvalue weighted by atomic mass is 16.5. The van der Waals surface area contributed by atoms with Gasteiger partial charge in [-0.25, -0.2) is 0 Å². The van der Waals surface area contributed by atoms with Crippen molar-refractivity contribution in [2.24, 2.45) is 5.73 Å². The van der Waals surface area contributed by atoms with E-state index in [1.165, 1.54) is 0 Å². The lowest BCUT2D eigenvalue weighted by atomic mass is 10.2. The van der Waals surface area contributed by atoms with Gasteiger partial charge in [-0.2, -0.15) is 0 Å². The quantitative estimate of drug-likeness (QED) is 0.843. The van der Waals surface area contributed by atoms with Crippen LogP contribution in [0.25, 0.3) is 0 Å². The summed E-state index contributed by atoms with van der Waals surface area (Å²) in [7, 11) is 1.63. The van der Waals surface area contributed by atoms with Crippen molar-refractivity contribution in [3.63, 3.8) is 0 Å². The summed E-state index contributed by atoms with van der Waals surface area (Å²) < 4.78 is 16.6. The van der Waals surface area contributed by atoms with Crippen LogP contribution in [0.4, 0.5) is 0 Å². The predicted molar refractivity (Wildman–Crippen MR) is 83.2 cm³/mol. The van der Waals surface area contributed by atoms with Crippen LogP contribution in [0, 0.1) is 0 Å². The molecule has 0 radical (unpaired) electrons. The van der Waals surface area contributed by atoms with E-state index in [4.69, 9.17) is 19.9 Å².